The first-order valence-electron chi connectivity index (χ1n) is 6.82. The highest BCUT2D eigenvalue weighted by molar-refractivity contribution is 6.30. The zero-order valence-electron chi connectivity index (χ0n) is 12.0. The molecule has 2 aromatic rings. The van der Waals surface area contributed by atoms with E-state index < -0.39 is 11.5 Å². The monoisotopic (exact) mass is 321 g/mol. The molecule has 6 nitrogen and oxygen atoms in total. The molecule has 0 aliphatic rings. The van der Waals surface area contributed by atoms with Crippen molar-refractivity contribution in [3.63, 3.8) is 0 Å². The van der Waals surface area contributed by atoms with Crippen LogP contribution >= 0.6 is 11.6 Å². The maximum absolute atomic E-state index is 12.0. The average molecular weight is 322 g/mol. The molecule has 0 spiro atoms. The quantitative estimate of drug-likeness (QED) is 0.779. The predicted molar refractivity (Wildman–Crippen MR) is 83.9 cm³/mol. The number of carbonyl (C=O) groups is 1. The fraction of sp³-hybridized carbons (Fsp3) is 0.267. The van der Waals surface area contributed by atoms with Crippen molar-refractivity contribution >= 4 is 17.5 Å². The second-order valence-corrected chi connectivity index (χ2v) is 5.18. The van der Waals surface area contributed by atoms with Gasteiger partial charge < -0.3 is 15.4 Å². The van der Waals surface area contributed by atoms with Crippen LogP contribution in [0.4, 0.5) is 0 Å². The Morgan fingerprint density at radius 3 is 2.64 bits per heavy atom. The topological polar surface area (TPSA) is 95.1 Å². The second kappa shape index (κ2) is 7.20. The normalized spacial score (nSPS) is 12.0. The number of nitrogens with one attached hydrogen (secondary N) is 2. The minimum Gasteiger partial charge on any atom is -0.394 e. The third-order valence-electron chi connectivity index (χ3n) is 3.21. The molecule has 1 heterocycles. The molecule has 22 heavy (non-hydrogen) atoms. The molecule has 3 N–H and O–H groups in total. The highest BCUT2D eigenvalue weighted by Gasteiger charge is 2.15. The highest BCUT2D eigenvalue weighted by Crippen LogP contribution is 2.16. The Morgan fingerprint density at radius 2 is 2.09 bits per heavy atom. The third kappa shape index (κ3) is 3.72. The predicted octanol–water partition coefficient (Wildman–Crippen LogP) is 1.59. The first-order valence-corrected chi connectivity index (χ1v) is 7.20. The number of aromatic amines is 1. The lowest BCUT2D eigenvalue weighted by molar-refractivity contribution is 0.0913. The fourth-order valence-electron chi connectivity index (χ4n) is 1.85. The van der Waals surface area contributed by atoms with Gasteiger partial charge in [0.15, 0.2) is 0 Å². The zero-order valence-corrected chi connectivity index (χ0v) is 12.7. The van der Waals surface area contributed by atoms with Gasteiger partial charge in [-0.2, -0.15) is 0 Å². The first kappa shape index (κ1) is 16.2. The van der Waals surface area contributed by atoms with Crippen molar-refractivity contribution in [2.24, 2.45) is 0 Å². The van der Waals surface area contributed by atoms with Gasteiger partial charge in [0.25, 0.3) is 11.5 Å². The Balaban J connectivity index is 2.24. The van der Waals surface area contributed by atoms with Crippen molar-refractivity contribution in [2.45, 2.75) is 19.4 Å². The number of amides is 1. The van der Waals surface area contributed by atoms with Crippen LogP contribution in [-0.4, -0.2) is 33.6 Å². The number of rotatable bonds is 5. The van der Waals surface area contributed by atoms with Crippen LogP contribution in [0.25, 0.3) is 11.4 Å². The van der Waals surface area contributed by atoms with Crippen LogP contribution < -0.4 is 10.9 Å². The number of benzene rings is 1. The number of carbonyl (C=O) groups excluding carboxylic acids is 1. The molecule has 0 aliphatic carbocycles. The van der Waals surface area contributed by atoms with Gasteiger partial charge in [-0.25, -0.2) is 4.98 Å². The van der Waals surface area contributed by atoms with E-state index in [4.69, 9.17) is 16.7 Å². The summed E-state index contributed by atoms with van der Waals surface area (Å²) in [6.45, 7) is 1.64. The Hall–Kier alpha value is -2.18. The summed E-state index contributed by atoms with van der Waals surface area (Å²) in [6.07, 6.45) is 1.79. The fourth-order valence-corrected chi connectivity index (χ4v) is 1.98. The molecule has 116 valence electrons. The van der Waals surface area contributed by atoms with E-state index in [-0.39, 0.29) is 18.2 Å². The first-order chi connectivity index (χ1) is 10.5. The van der Waals surface area contributed by atoms with Crippen LogP contribution in [0, 0.1) is 0 Å². The molecular formula is C15H16ClN3O3. The standard InChI is InChI=1S/C15H16ClN3O3/c1-2-11(8-20)18-14(21)12-7-17-13(19-15(12)22)9-3-5-10(16)6-4-9/h3-7,11,20H,2,8H2,1H3,(H,18,21)(H,17,19,22). The van der Waals surface area contributed by atoms with Crippen molar-refractivity contribution in [1.29, 1.82) is 0 Å². The second-order valence-electron chi connectivity index (χ2n) is 4.74. The number of nitrogens with zero attached hydrogens (tertiary/aromatic N) is 1. The number of aromatic nitrogens is 2. The Bertz CT molecular complexity index is 709. The van der Waals surface area contributed by atoms with Crippen molar-refractivity contribution in [1.82, 2.24) is 15.3 Å². The van der Waals surface area contributed by atoms with Gasteiger partial charge in [-0.1, -0.05) is 18.5 Å². The van der Waals surface area contributed by atoms with Crippen LogP contribution in [-0.2, 0) is 0 Å². The van der Waals surface area contributed by atoms with Gasteiger partial charge in [-0.15, -0.1) is 0 Å². The Morgan fingerprint density at radius 1 is 1.41 bits per heavy atom. The minimum absolute atomic E-state index is 0.0930. The maximum Gasteiger partial charge on any atom is 0.264 e. The molecule has 0 fully saturated rings. The van der Waals surface area contributed by atoms with Gasteiger partial charge >= 0.3 is 0 Å². The van der Waals surface area contributed by atoms with Crippen molar-refractivity contribution in [3.05, 3.63) is 51.4 Å². The van der Waals surface area contributed by atoms with E-state index in [1.807, 2.05) is 6.92 Å². The summed E-state index contributed by atoms with van der Waals surface area (Å²) in [5, 5.41) is 12.2. The van der Waals surface area contributed by atoms with Gasteiger partial charge in [0, 0.05) is 16.8 Å². The molecule has 1 aromatic heterocycles. The van der Waals surface area contributed by atoms with E-state index in [2.05, 4.69) is 15.3 Å². The Kier molecular flexibility index (Phi) is 5.30. The number of hydrogen-bond acceptors (Lipinski definition) is 4. The number of halogens is 1. The van der Waals surface area contributed by atoms with E-state index in [0.29, 0.717) is 22.8 Å². The largest absolute Gasteiger partial charge is 0.394 e. The van der Waals surface area contributed by atoms with Gasteiger partial charge in [-0.3, -0.25) is 9.59 Å². The van der Waals surface area contributed by atoms with E-state index >= 15 is 0 Å². The number of aliphatic hydroxyl groups excluding tert-OH is 1. The molecule has 0 aliphatic heterocycles. The highest BCUT2D eigenvalue weighted by atomic mass is 35.5. The van der Waals surface area contributed by atoms with Crippen LogP contribution in [0.15, 0.2) is 35.3 Å². The third-order valence-corrected chi connectivity index (χ3v) is 3.46. The van der Waals surface area contributed by atoms with E-state index in [1.54, 1.807) is 24.3 Å². The minimum atomic E-state index is -0.558. The molecule has 1 atom stereocenters. The molecule has 2 rings (SSSR count). The number of H-pyrrole nitrogens is 1. The summed E-state index contributed by atoms with van der Waals surface area (Å²) in [5.74, 6) is -0.204. The number of aliphatic hydroxyl groups is 1. The molecule has 7 heteroatoms. The van der Waals surface area contributed by atoms with Gasteiger partial charge in [0.2, 0.25) is 0 Å². The molecule has 1 aromatic carbocycles. The maximum atomic E-state index is 12.0. The van der Waals surface area contributed by atoms with Crippen LogP contribution in [0.3, 0.4) is 0 Å². The lowest BCUT2D eigenvalue weighted by atomic mass is 10.2. The number of hydrogen-bond donors (Lipinski definition) is 3. The molecule has 0 bridgehead atoms. The molecule has 0 saturated heterocycles. The van der Waals surface area contributed by atoms with Gasteiger partial charge in [0.1, 0.15) is 11.4 Å². The van der Waals surface area contributed by atoms with Gasteiger partial charge in [0.05, 0.1) is 12.6 Å². The zero-order chi connectivity index (χ0) is 16.1. The molecule has 1 amide bonds. The summed E-state index contributed by atoms with van der Waals surface area (Å²) < 4.78 is 0. The lowest BCUT2D eigenvalue weighted by Gasteiger charge is -2.13. The summed E-state index contributed by atoms with van der Waals surface area (Å²) in [6, 6.07) is 6.43. The summed E-state index contributed by atoms with van der Waals surface area (Å²) in [4.78, 5) is 30.7. The van der Waals surface area contributed by atoms with Crippen LogP contribution in [0.1, 0.15) is 23.7 Å². The summed E-state index contributed by atoms with van der Waals surface area (Å²) >= 11 is 5.81. The van der Waals surface area contributed by atoms with E-state index in [1.165, 1.54) is 6.20 Å². The van der Waals surface area contributed by atoms with E-state index in [0.717, 1.165) is 0 Å². The summed E-state index contributed by atoms with van der Waals surface area (Å²) in [7, 11) is 0. The van der Waals surface area contributed by atoms with Crippen molar-refractivity contribution in [2.75, 3.05) is 6.61 Å². The molecule has 0 saturated carbocycles. The SMILES string of the molecule is CCC(CO)NC(=O)c1cnc(-c2ccc(Cl)cc2)[nH]c1=O. The summed E-state index contributed by atoms with van der Waals surface area (Å²) in [5.41, 5.74) is 0.0603. The molecule has 0 radical (unpaired) electrons. The smallest absolute Gasteiger partial charge is 0.264 e. The van der Waals surface area contributed by atoms with Crippen molar-refractivity contribution in [3.8, 4) is 11.4 Å². The van der Waals surface area contributed by atoms with E-state index in [9.17, 15) is 9.59 Å². The van der Waals surface area contributed by atoms with Gasteiger partial charge in [-0.05, 0) is 30.7 Å². The van der Waals surface area contributed by atoms with Crippen LogP contribution in [0.5, 0.6) is 0 Å². The Labute approximate surface area is 132 Å². The van der Waals surface area contributed by atoms with Crippen molar-refractivity contribution < 1.29 is 9.90 Å². The average Bonchev–Trinajstić information content (AvgIpc) is 2.53. The molecule has 1 unspecified atom stereocenters. The molecular weight excluding hydrogens is 306 g/mol. The lowest BCUT2D eigenvalue weighted by Crippen LogP contribution is -2.39. The van der Waals surface area contributed by atoms with Crippen LogP contribution in [0.2, 0.25) is 5.02 Å².